The van der Waals surface area contributed by atoms with Crippen molar-refractivity contribution in [2.75, 3.05) is 0 Å². The van der Waals surface area contributed by atoms with Crippen molar-refractivity contribution >= 4 is 11.8 Å². The fourth-order valence-electron chi connectivity index (χ4n) is 1.20. The molecule has 4 N–H and O–H groups in total. The maximum atomic E-state index is 11.6. The summed E-state index contributed by atoms with van der Waals surface area (Å²) in [5.41, 5.74) is 5.72. The van der Waals surface area contributed by atoms with Crippen molar-refractivity contribution in [3.8, 4) is 5.75 Å². The average Bonchev–Trinajstić information content (AvgIpc) is 2.26. The van der Waals surface area contributed by atoms with Gasteiger partial charge in [-0.3, -0.25) is 9.59 Å². The molecule has 0 fully saturated rings. The predicted octanol–water partition coefficient (Wildman–Crippen LogP) is 0.767. The number of carboxylic acids is 1. The van der Waals surface area contributed by atoms with E-state index in [9.17, 15) is 9.59 Å². The van der Waals surface area contributed by atoms with E-state index in [0.717, 1.165) is 0 Å². The lowest BCUT2D eigenvalue weighted by atomic mass is 10.0. The number of carbonyl (C=O) groups is 2. The molecule has 5 nitrogen and oxygen atoms in total. The molecule has 1 aromatic rings. The van der Waals surface area contributed by atoms with Crippen LogP contribution in [0.3, 0.4) is 0 Å². The van der Waals surface area contributed by atoms with E-state index in [1.807, 2.05) is 0 Å². The first-order chi connectivity index (χ1) is 7.50. The quantitative estimate of drug-likeness (QED) is 0.640. The number of carboxylic acid groups (broad SMARTS) is 1. The van der Waals surface area contributed by atoms with Gasteiger partial charge in [-0.15, -0.1) is 0 Å². The highest BCUT2D eigenvalue weighted by Gasteiger charge is 2.14. The van der Waals surface area contributed by atoms with Crippen LogP contribution in [-0.2, 0) is 4.79 Å². The molecule has 1 atom stereocenters. The molecule has 86 valence electrons. The molecule has 0 amide bonds. The number of nitrogens with two attached hydrogens (primary N) is 1. The third-order valence-corrected chi connectivity index (χ3v) is 2.19. The molecule has 0 unspecified atom stereocenters. The van der Waals surface area contributed by atoms with Crippen LogP contribution in [0.5, 0.6) is 5.75 Å². The Balaban J connectivity index is 2.53. The molecular formula is C11H13NO4. The second kappa shape index (κ2) is 5.27. The first-order valence-electron chi connectivity index (χ1n) is 4.81. The summed E-state index contributed by atoms with van der Waals surface area (Å²) in [6.45, 7) is 0. The van der Waals surface area contributed by atoms with Crippen molar-refractivity contribution in [2.24, 2.45) is 5.73 Å². The first kappa shape index (κ1) is 12.2. The lowest BCUT2D eigenvalue weighted by Gasteiger charge is -2.05. The second-order valence-electron chi connectivity index (χ2n) is 3.45. The number of phenolic OH excluding ortho intramolecular Hbond substituents is 1. The summed E-state index contributed by atoms with van der Waals surface area (Å²) < 4.78 is 0. The molecular weight excluding hydrogens is 210 g/mol. The minimum absolute atomic E-state index is 0.0816. The Morgan fingerprint density at radius 1 is 1.25 bits per heavy atom. The molecule has 0 aliphatic heterocycles. The monoisotopic (exact) mass is 223 g/mol. The Morgan fingerprint density at radius 3 is 2.31 bits per heavy atom. The molecule has 0 aliphatic rings. The Labute approximate surface area is 92.5 Å². The van der Waals surface area contributed by atoms with Gasteiger partial charge in [-0.2, -0.15) is 0 Å². The Kier molecular flexibility index (Phi) is 4.02. The molecule has 0 bridgehead atoms. The summed E-state index contributed by atoms with van der Waals surface area (Å²) in [5, 5.41) is 17.6. The highest BCUT2D eigenvalue weighted by Crippen LogP contribution is 2.12. The summed E-state index contributed by atoms with van der Waals surface area (Å²) in [7, 11) is 0. The first-order valence-corrected chi connectivity index (χ1v) is 4.81. The highest BCUT2D eigenvalue weighted by molar-refractivity contribution is 5.96. The van der Waals surface area contributed by atoms with Crippen LogP contribution in [0.1, 0.15) is 23.2 Å². The molecule has 1 aromatic carbocycles. The fraction of sp³-hybridized carbons (Fsp3) is 0.273. The number of hydrogen-bond acceptors (Lipinski definition) is 4. The summed E-state index contributed by atoms with van der Waals surface area (Å²) in [6, 6.07) is 4.78. The predicted molar refractivity (Wildman–Crippen MR) is 57.3 cm³/mol. The zero-order chi connectivity index (χ0) is 12.1. The third kappa shape index (κ3) is 3.36. The summed E-state index contributed by atoms with van der Waals surface area (Å²) >= 11 is 0. The van der Waals surface area contributed by atoms with Crippen LogP contribution in [0, 0.1) is 0 Å². The SMILES string of the molecule is N[C@@H](CCC(=O)c1ccc(O)cc1)C(=O)O. The lowest BCUT2D eigenvalue weighted by Crippen LogP contribution is -2.30. The number of aliphatic carboxylic acids is 1. The van der Waals surface area contributed by atoms with Gasteiger partial charge in [0.1, 0.15) is 11.8 Å². The van der Waals surface area contributed by atoms with Crippen molar-refractivity contribution in [2.45, 2.75) is 18.9 Å². The van der Waals surface area contributed by atoms with E-state index >= 15 is 0 Å². The normalized spacial score (nSPS) is 12.1. The number of rotatable bonds is 5. The fourth-order valence-corrected chi connectivity index (χ4v) is 1.20. The zero-order valence-corrected chi connectivity index (χ0v) is 8.59. The molecule has 0 heterocycles. The van der Waals surface area contributed by atoms with Gasteiger partial charge in [-0.05, 0) is 30.7 Å². The van der Waals surface area contributed by atoms with E-state index in [4.69, 9.17) is 15.9 Å². The summed E-state index contributed by atoms with van der Waals surface area (Å²) in [4.78, 5) is 22.0. The number of benzene rings is 1. The topological polar surface area (TPSA) is 101 Å². The van der Waals surface area contributed by atoms with Crippen LogP contribution in [0.2, 0.25) is 0 Å². The van der Waals surface area contributed by atoms with Crippen LogP contribution in [0.25, 0.3) is 0 Å². The highest BCUT2D eigenvalue weighted by atomic mass is 16.4. The van der Waals surface area contributed by atoms with Gasteiger partial charge in [-0.1, -0.05) is 0 Å². The van der Waals surface area contributed by atoms with Crippen molar-refractivity contribution in [3.05, 3.63) is 29.8 Å². The lowest BCUT2D eigenvalue weighted by molar-refractivity contribution is -0.138. The van der Waals surface area contributed by atoms with E-state index in [-0.39, 0.29) is 24.4 Å². The molecule has 5 heteroatoms. The largest absolute Gasteiger partial charge is 0.508 e. The molecule has 0 aromatic heterocycles. The maximum Gasteiger partial charge on any atom is 0.320 e. The van der Waals surface area contributed by atoms with Crippen LogP contribution in [0.15, 0.2) is 24.3 Å². The number of hydrogen-bond donors (Lipinski definition) is 3. The zero-order valence-electron chi connectivity index (χ0n) is 8.59. The summed E-state index contributed by atoms with van der Waals surface area (Å²) in [6.07, 6.45) is 0.188. The molecule has 0 saturated carbocycles. The number of Topliss-reactive ketones (excluding diaryl/α,β-unsaturated/α-hetero) is 1. The molecule has 16 heavy (non-hydrogen) atoms. The molecule has 0 spiro atoms. The number of carbonyl (C=O) groups excluding carboxylic acids is 1. The Hall–Kier alpha value is -1.88. The van der Waals surface area contributed by atoms with Gasteiger partial charge in [0, 0.05) is 12.0 Å². The van der Waals surface area contributed by atoms with Gasteiger partial charge < -0.3 is 15.9 Å². The molecule has 0 saturated heterocycles. The number of phenols is 1. The molecule has 1 rings (SSSR count). The Bertz CT molecular complexity index is 385. The van der Waals surface area contributed by atoms with Crippen LogP contribution < -0.4 is 5.73 Å². The van der Waals surface area contributed by atoms with Crippen molar-refractivity contribution in [1.29, 1.82) is 0 Å². The number of aromatic hydroxyl groups is 1. The van der Waals surface area contributed by atoms with Gasteiger partial charge in [0.25, 0.3) is 0 Å². The standard InChI is InChI=1S/C11H13NO4/c12-9(11(15)16)5-6-10(14)7-1-3-8(13)4-2-7/h1-4,9,13H,5-6,12H2,(H,15,16)/t9-/m0/s1. The van der Waals surface area contributed by atoms with Crippen LogP contribution >= 0.6 is 0 Å². The van der Waals surface area contributed by atoms with Crippen LogP contribution in [-0.4, -0.2) is 28.0 Å². The van der Waals surface area contributed by atoms with Gasteiger partial charge in [-0.25, -0.2) is 0 Å². The van der Waals surface area contributed by atoms with Gasteiger partial charge >= 0.3 is 5.97 Å². The minimum atomic E-state index is -1.11. The summed E-state index contributed by atoms with van der Waals surface area (Å²) in [5.74, 6) is -1.21. The van der Waals surface area contributed by atoms with E-state index in [1.54, 1.807) is 0 Å². The molecule has 0 aliphatic carbocycles. The van der Waals surface area contributed by atoms with E-state index < -0.39 is 12.0 Å². The van der Waals surface area contributed by atoms with E-state index in [2.05, 4.69) is 0 Å². The van der Waals surface area contributed by atoms with Gasteiger partial charge in [0.15, 0.2) is 5.78 Å². The van der Waals surface area contributed by atoms with Crippen molar-refractivity contribution in [1.82, 2.24) is 0 Å². The van der Waals surface area contributed by atoms with Crippen molar-refractivity contribution in [3.63, 3.8) is 0 Å². The van der Waals surface area contributed by atoms with Gasteiger partial charge in [0.2, 0.25) is 0 Å². The maximum absolute atomic E-state index is 11.6. The van der Waals surface area contributed by atoms with E-state index in [1.165, 1.54) is 24.3 Å². The molecule has 0 radical (unpaired) electrons. The van der Waals surface area contributed by atoms with Gasteiger partial charge in [0.05, 0.1) is 0 Å². The third-order valence-electron chi connectivity index (χ3n) is 2.19. The number of ketones is 1. The van der Waals surface area contributed by atoms with Crippen molar-refractivity contribution < 1.29 is 19.8 Å². The second-order valence-corrected chi connectivity index (χ2v) is 3.45. The van der Waals surface area contributed by atoms with E-state index in [0.29, 0.717) is 5.56 Å². The Morgan fingerprint density at radius 2 is 1.81 bits per heavy atom. The minimum Gasteiger partial charge on any atom is -0.508 e. The smallest absolute Gasteiger partial charge is 0.320 e. The average molecular weight is 223 g/mol. The van der Waals surface area contributed by atoms with Crippen LogP contribution in [0.4, 0.5) is 0 Å².